The first-order valence-corrected chi connectivity index (χ1v) is 6.33. The Morgan fingerprint density at radius 1 is 1.40 bits per heavy atom. The lowest BCUT2D eigenvalue weighted by atomic mass is 10.2. The Hall–Kier alpha value is -1.86. The third kappa shape index (κ3) is 5.41. The number of carboxylic acids is 1. The fourth-order valence-corrected chi connectivity index (χ4v) is 1.61. The molecule has 0 atom stereocenters. The molecule has 0 saturated carbocycles. The number of nitrogens with one attached hydrogen (secondary N) is 2. The van der Waals surface area contributed by atoms with Gasteiger partial charge < -0.3 is 24.9 Å². The van der Waals surface area contributed by atoms with Gasteiger partial charge in [0.15, 0.2) is 0 Å². The van der Waals surface area contributed by atoms with Crippen molar-refractivity contribution < 1.29 is 23.8 Å². The Morgan fingerprint density at radius 3 is 2.75 bits per heavy atom. The standard InChI is InChI=1S/C13H20N2O5/c1-9-10(7-11(20-9)13(17)18)8-14-4-3-12(16)15-5-6-19-2/h7,14H,3-6,8H2,1-2H3,(H,15,16)(H,17,18). The summed E-state index contributed by atoms with van der Waals surface area (Å²) in [6.07, 6.45) is 0.354. The number of amides is 1. The predicted molar refractivity (Wildman–Crippen MR) is 71.6 cm³/mol. The Bertz CT molecular complexity index is 456. The van der Waals surface area contributed by atoms with Crippen molar-refractivity contribution in [2.75, 3.05) is 26.8 Å². The zero-order chi connectivity index (χ0) is 15.0. The molecule has 0 aliphatic heterocycles. The number of hydrogen-bond acceptors (Lipinski definition) is 5. The maximum absolute atomic E-state index is 11.4. The summed E-state index contributed by atoms with van der Waals surface area (Å²) >= 11 is 0. The molecule has 0 aliphatic rings. The highest BCUT2D eigenvalue weighted by molar-refractivity contribution is 5.84. The van der Waals surface area contributed by atoms with Gasteiger partial charge in [-0.3, -0.25) is 4.79 Å². The van der Waals surface area contributed by atoms with Crippen LogP contribution in [-0.2, 0) is 16.1 Å². The number of carbonyl (C=O) groups excluding carboxylic acids is 1. The zero-order valence-electron chi connectivity index (χ0n) is 11.7. The van der Waals surface area contributed by atoms with Crippen molar-refractivity contribution in [1.29, 1.82) is 0 Å². The average molecular weight is 284 g/mol. The van der Waals surface area contributed by atoms with E-state index in [2.05, 4.69) is 10.6 Å². The monoisotopic (exact) mass is 284 g/mol. The predicted octanol–water partition coefficient (Wildman–Crippen LogP) is 0.529. The first-order valence-electron chi connectivity index (χ1n) is 6.33. The molecule has 0 unspecified atom stereocenters. The van der Waals surface area contributed by atoms with Crippen LogP contribution >= 0.6 is 0 Å². The minimum Gasteiger partial charge on any atom is -0.475 e. The van der Waals surface area contributed by atoms with Crippen molar-refractivity contribution in [3.63, 3.8) is 0 Å². The highest BCUT2D eigenvalue weighted by Crippen LogP contribution is 2.14. The van der Waals surface area contributed by atoms with Gasteiger partial charge in [-0.05, 0) is 13.0 Å². The number of carboxylic acid groups (broad SMARTS) is 1. The van der Waals surface area contributed by atoms with Crippen LogP contribution in [0.25, 0.3) is 0 Å². The molecule has 1 heterocycles. The number of aromatic carboxylic acids is 1. The number of aryl methyl sites for hydroxylation is 1. The van der Waals surface area contributed by atoms with Crippen LogP contribution in [0.1, 0.15) is 28.3 Å². The second-order valence-corrected chi connectivity index (χ2v) is 4.27. The summed E-state index contributed by atoms with van der Waals surface area (Å²) in [7, 11) is 1.58. The van der Waals surface area contributed by atoms with E-state index < -0.39 is 5.97 Å². The van der Waals surface area contributed by atoms with Crippen molar-refractivity contribution in [2.24, 2.45) is 0 Å². The summed E-state index contributed by atoms with van der Waals surface area (Å²) in [6.45, 7) is 3.67. The number of carbonyl (C=O) groups is 2. The van der Waals surface area contributed by atoms with Gasteiger partial charge in [0.1, 0.15) is 5.76 Å². The molecular weight excluding hydrogens is 264 g/mol. The zero-order valence-corrected chi connectivity index (χ0v) is 11.7. The lowest BCUT2D eigenvalue weighted by molar-refractivity contribution is -0.121. The molecule has 0 aliphatic carbocycles. The van der Waals surface area contributed by atoms with Gasteiger partial charge in [0.05, 0.1) is 6.61 Å². The van der Waals surface area contributed by atoms with Crippen LogP contribution in [0.4, 0.5) is 0 Å². The largest absolute Gasteiger partial charge is 0.475 e. The van der Waals surface area contributed by atoms with Crippen molar-refractivity contribution >= 4 is 11.9 Å². The molecular formula is C13H20N2O5. The molecule has 0 aromatic carbocycles. The Balaban J connectivity index is 2.24. The van der Waals surface area contributed by atoms with Gasteiger partial charge in [0.2, 0.25) is 11.7 Å². The fourth-order valence-electron chi connectivity index (χ4n) is 1.61. The van der Waals surface area contributed by atoms with Gasteiger partial charge in [-0.15, -0.1) is 0 Å². The van der Waals surface area contributed by atoms with Gasteiger partial charge in [0.25, 0.3) is 0 Å². The van der Waals surface area contributed by atoms with Gasteiger partial charge in [-0.2, -0.15) is 0 Å². The first kappa shape index (κ1) is 16.2. The topological polar surface area (TPSA) is 101 Å². The van der Waals surface area contributed by atoms with E-state index >= 15 is 0 Å². The summed E-state index contributed by atoms with van der Waals surface area (Å²) in [4.78, 5) is 22.1. The van der Waals surface area contributed by atoms with Gasteiger partial charge in [-0.25, -0.2) is 4.79 Å². The third-order valence-corrected chi connectivity index (χ3v) is 2.70. The molecule has 112 valence electrons. The van der Waals surface area contributed by atoms with E-state index in [0.29, 0.717) is 38.4 Å². The number of methoxy groups -OCH3 is 1. The molecule has 0 radical (unpaired) electrons. The van der Waals surface area contributed by atoms with Crippen LogP contribution in [0.3, 0.4) is 0 Å². The van der Waals surface area contributed by atoms with Gasteiger partial charge in [0, 0.05) is 38.7 Å². The van der Waals surface area contributed by atoms with E-state index in [9.17, 15) is 9.59 Å². The smallest absolute Gasteiger partial charge is 0.371 e. The Labute approximate surface area is 117 Å². The molecule has 20 heavy (non-hydrogen) atoms. The highest BCUT2D eigenvalue weighted by Gasteiger charge is 2.12. The number of ether oxygens (including phenoxy) is 1. The molecule has 0 fully saturated rings. The van der Waals surface area contributed by atoms with E-state index in [1.54, 1.807) is 14.0 Å². The molecule has 0 saturated heterocycles. The van der Waals surface area contributed by atoms with Gasteiger partial charge >= 0.3 is 5.97 Å². The van der Waals surface area contributed by atoms with E-state index in [4.69, 9.17) is 14.3 Å². The van der Waals surface area contributed by atoms with Crippen molar-refractivity contribution in [2.45, 2.75) is 19.9 Å². The van der Waals surface area contributed by atoms with E-state index in [-0.39, 0.29) is 11.7 Å². The van der Waals surface area contributed by atoms with Crippen LogP contribution in [0, 0.1) is 6.92 Å². The average Bonchev–Trinajstić information content (AvgIpc) is 2.77. The molecule has 7 nitrogen and oxygen atoms in total. The summed E-state index contributed by atoms with van der Waals surface area (Å²) in [5, 5.41) is 14.6. The third-order valence-electron chi connectivity index (χ3n) is 2.70. The summed E-state index contributed by atoms with van der Waals surface area (Å²) in [5.41, 5.74) is 0.780. The minimum absolute atomic E-state index is 0.0512. The van der Waals surface area contributed by atoms with Crippen LogP contribution < -0.4 is 10.6 Å². The quantitative estimate of drug-likeness (QED) is 0.572. The van der Waals surface area contributed by atoms with E-state index in [0.717, 1.165) is 5.56 Å². The van der Waals surface area contributed by atoms with Crippen LogP contribution in [0.15, 0.2) is 10.5 Å². The fraction of sp³-hybridized carbons (Fsp3) is 0.538. The first-order chi connectivity index (χ1) is 9.54. The van der Waals surface area contributed by atoms with E-state index in [1.165, 1.54) is 6.07 Å². The molecule has 1 rings (SSSR count). The lowest BCUT2D eigenvalue weighted by Crippen LogP contribution is -2.29. The molecule has 0 spiro atoms. The van der Waals surface area contributed by atoms with Crippen molar-refractivity contribution in [1.82, 2.24) is 10.6 Å². The summed E-state index contributed by atoms with van der Waals surface area (Å²) < 4.78 is 9.91. The Morgan fingerprint density at radius 2 is 2.15 bits per heavy atom. The summed E-state index contributed by atoms with van der Waals surface area (Å²) in [5.74, 6) is -0.641. The molecule has 1 aromatic rings. The maximum Gasteiger partial charge on any atom is 0.371 e. The van der Waals surface area contributed by atoms with Crippen molar-refractivity contribution in [3.05, 3.63) is 23.2 Å². The SMILES string of the molecule is COCCNC(=O)CCNCc1cc(C(=O)O)oc1C. The second kappa shape index (κ2) is 8.34. The summed E-state index contributed by atoms with van der Waals surface area (Å²) in [6, 6.07) is 1.49. The van der Waals surface area contributed by atoms with E-state index in [1.807, 2.05) is 0 Å². The highest BCUT2D eigenvalue weighted by atomic mass is 16.5. The Kier molecular flexibility index (Phi) is 6.75. The molecule has 1 amide bonds. The molecule has 1 aromatic heterocycles. The minimum atomic E-state index is -1.09. The van der Waals surface area contributed by atoms with Crippen molar-refractivity contribution in [3.8, 4) is 0 Å². The number of hydrogen-bond donors (Lipinski definition) is 3. The number of furan rings is 1. The normalized spacial score (nSPS) is 10.5. The molecule has 3 N–H and O–H groups in total. The van der Waals surface area contributed by atoms with Crippen LogP contribution in [0.2, 0.25) is 0 Å². The number of rotatable bonds is 9. The molecule has 0 bridgehead atoms. The second-order valence-electron chi connectivity index (χ2n) is 4.27. The molecule has 7 heteroatoms. The van der Waals surface area contributed by atoms with Crippen LogP contribution in [-0.4, -0.2) is 43.8 Å². The maximum atomic E-state index is 11.4. The van der Waals surface area contributed by atoms with Crippen LogP contribution in [0.5, 0.6) is 0 Å². The lowest BCUT2D eigenvalue weighted by Gasteiger charge is -2.05. The van der Waals surface area contributed by atoms with Gasteiger partial charge in [-0.1, -0.05) is 0 Å².